The number of aromatic carboxylic acids is 1. The molecule has 0 atom stereocenters. The fourth-order valence-corrected chi connectivity index (χ4v) is 17.4. The van der Waals surface area contributed by atoms with Gasteiger partial charge in [-0.15, -0.1) is 22.7 Å². The Hall–Kier alpha value is -6.50. The van der Waals surface area contributed by atoms with Gasteiger partial charge >= 0.3 is 27.6 Å². The number of hydrogen-bond donors (Lipinski definition) is 1. The first-order valence-corrected chi connectivity index (χ1v) is 39.5. The molecule has 2 heterocycles. The van der Waals surface area contributed by atoms with Gasteiger partial charge in [-0.05, 0) is 190 Å². The summed E-state index contributed by atoms with van der Waals surface area (Å²) in [5, 5.41) is 10.3. The molecule has 0 saturated heterocycles. The van der Waals surface area contributed by atoms with E-state index in [9.17, 15) is 33.4 Å². The van der Waals surface area contributed by atoms with E-state index in [0.29, 0.717) is 84.3 Å². The van der Waals surface area contributed by atoms with Crippen LogP contribution in [0.25, 0.3) is 0 Å². The maximum absolute atomic E-state index is 14.5. The van der Waals surface area contributed by atoms with Gasteiger partial charge in [0, 0.05) is 34.7 Å². The Kier molecular flexibility index (Phi) is 27.8. The van der Waals surface area contributed by atoms with Gasteiger partial charge in [-0.1, -0.05) is 159 Å². The van der Waals surface area contributed by atoms with Crippen LogP contribution in [0.3, 0.4) is 0 Å². The Bertz CT molecular complexity index is 3740. The Balaban J connectivity index is 0.000000231. The van der Waals surface area contributed by atoms with Crippen LogP contribution in [0.2, 0.25) is 0 Å². The first-order valence-electron chi connectivity index (χ1n) is 34.9. The number of amides is 2. The number of ether oxygens (including phenoxy) is 1. The Morgan fingerprint density at radius 1 is 0.465 bits per heavy atom. The number of hydrogen-bond acceptors (Lipinski definition) is 15. The first-order chi connectivity index (χ1) is 47.3. The van der Waals surface area contributed by atoms with Crippen molar-refractivity contribution in [1.82, 2.24) is 0 Å². The summed E-state index contributed by atoms with van der Waals surface area (Å²) < 4.78 is 69.3. The summed E-state index contributed by atoms with van der Waals surface area (Å²) >= 11 is 2.39. The molecule has 4 saturated carbocycles. The van der Waals surface area contributed by atoms with Gasteiger partial charge in [0.25, 0.3) is 0 Å². The zero-order valence-electron chi connectivity index (χ0n) is 58.8. The third-order valence-electron chi connectivity index (χ3n) is 18.3. The van der Waals surface area contributed by atoms with E-state index in [-0.39, 0.29) is 77.9 Å². The Labute approximate surface area is 594 Å². The molecule has 4 aliphatic rings. The lowest BCUT2D eigenvalue weighted by atomic mass is 9.81. The number of carboxylic acid groups (broad SMARTS) is 1. The highest BCUT2D eigenvalue weighted by molar-refractivity contribution is 7.48. The second kappa shape index (κ2) is 35.9. The van der Waals surface area contributed by atoms with Gasteiger partial charge in [-0.2, -0.15) is 0 Å². The zero-order valence-corrected chi connectivity index (χ0v) is 62.2. The van der Waals surface area contributed by atoms with Crippen molar-refractivity contribution in [3.05, 3.63) is 175 Å². The Morgan fingerprint density at radius 3 is 1.06 bits per heavy atom. The monoisotopic (exact) mass is 1420 g/mol. The van der Waals surface area contributed by atoms with Crippen LogP contribution in [0.5, 0.6) is 0 Å². The minimum Gasteiger partial charge on any atom is -0.477 e. The molecule has 10 rings (SSSR count). The first kappa shape index (κ1) is 76.7. The van der Waals surface area contributed by atoms with Crippen LogP contribution in [0.15, 0.2) is 133 Å². The van der Waals surface area contributed by atoms with E-state index in [0.717, 1.165) is 89.8 Å². The summed E-state index contributed by atoms with van der Waals surface area (Å²) in [6, 6.07) is 41.2. The predicted molar refractivity (Wildman–Crippen MR) is 391 cm³/mol. The molecule has 0 unspecified atom stereocenters. The van der Waals surface area contributed by atoms with Gasteiger partial charge in [0.15, 0.2) is 0 Å². The molecule has 0 bridgehead atoms. The van der Waals surface area contributed by atoms with Gasteiger partial charge in [0.05, 0.1) is 66.9 Å². The summed E-state index contributed by atoms with van der Waals surface area (Å²) in [6.07, 6.45) is 10.7. The summed E-state index contributed by atoms with van der Waals surface area (Å²) in [5.41, 5.74) is 3.92. The molecule has 99 heavy (non-hydrogen) atoms. The van der Waals surface area contributed by atoms with Crippen molar-refractivity contribution in [1.29, 1.82) is 0 Å². The van der Waals surface area contributed by atoms with Crippen molar-refractivity contribution in [2.24, 2.45) is 34.5 Å². The van der Waals surface area contributed by atoms with Crippen LogP contribution in [-0.2, 0) is 77.0 Å². The fourth-order valence-electron chi connectivity index (χ4n) is 12.8. The van der Waals surface area contributed by atoms with E-state index >= 15 is 0 Å². The highest BCUT2D eigenvalue weighted by atomic mass is 32.1. The highest BCUT2D eigenvalue weighted by Crippen LogP contribution is 2.55. The van der Waals surface area contributed by atoms with Crippen LogP contribution in [-0.4, -0.2) is 60.3 Å². The summed E-state index contributed by atoms with van der Waals surface area (Å²) in [5.74, 6) is 12.2. The topological polar surface area (TPSA) is 194 Å². The quantitative estimate of drug-likeness (QED) is 0.0342. The highest BCUT2D eigenvalue weighted by Gasteiger charge is 2.43. The van der Waals surface area contributed by atoms with E-state index in [4.69, 9.17) is 31.9 Å². The molecule has 0 radical (unpaired) electrons. The lowest BCUT2D eigenvalue weighted by molar-refractivity contribution is -0.125. The number of benzene rings is 4. The fraction of sp³-hybridized carbons (Fsp3) is 0.494. The summed E-state index contributed by atoms with van der Waals surface area (Å²) in [7, 11) is -6.58. The molecule has 1 N–H and O–H groups in total. The molecule has 2 amide bonds. The van der Waals surface area contributed by atoms with Gasteiger partial charge in [0.2, 0.25) is 11.8 Å². The summed E-state index contributed by atoms with van der Waals surface area (Å²) in [6.45, 7) is 16.9. The maximum Gasteiger partial charge on any atom is 0.475 e. The van der Waals surface area contributed by atoms with Crippen molar-refractivity contribution in [2.75, 3.05) is 16.9 Å². The smallest absolute Gasteiger partial charge is 0.475 e. The standard InChI is InChI=1S/C40H50NO7PS.C39H48NO7PS/c1-29-16-18-32(19-17-29)38(42)41(36-26-35(24-25-40(2,3)4)50-37(36)39(43)45-5)33-20-22-34(23-21-33)48-49(44,46-27-30-12-8-6-9-13-30)47-28-31-14-10-7-11-15-31;1-28-15-17-31(18-16-28)37(41)40(35-25-34(23-24-39(2,3)4)49-36(35)38(42)43)32-19-21-33(22-20-32)47-48(44,45-26-29-11-7-5-8-12-29)46-27-30-13-9-6-10-14-30/h6-15,26,29,32-34H,16-23,27-28H2,1-5H3;5-14,25,28,31-33H,15-22,26-27H2,1-4H3,(H,42,43). The Morgan fingerprint density at radius 2 is 0.768 bits per heavy atom. The molecule has 16 nitrogen and oxygen atoms in total. The predicted octanol–water partition coefficient (Wildman–Crippen LogP) is 19.8. The largest absolute Gasteiger partial charge is 0.477 e. The van der Waals surface area contributed by atoms with E-state index in [1.165, 1.54) is 18.4 Å². The number of phosphoric ester groups is 2. The van der Waals surface area contributed by atoms with Crippen LogP contribution in [0, 0.1) is 58.2 Å². The maximum atomic E-state index is 14.5. The molecular formula is C79H98N2O14P2S2. The van der Waals surface area contributed by atoms with E-state index < -0.39 is 39.8 Å². The van der Waals surface area contributed by atoms with E-state index in [1.54, 1.807) is 11.0 Å². The van der Waals surface area contributed by atoms with Gasteiger partial charge in [0.1, 0.15) is 9.75 Å². The number of anilines is 2. The minimum absolute atomic E-state index is 0.0186. The van der Waals surface area contributed by atoms with Crippen molar-refractivity contribution < 1.29 is 65.3 Å². The SMILES string of the molecule is CC1CCC(C(=O)N(c2cc(C#CC(C)(C)C)sc2C(=O)O)C2CCC(OP(=O)(OCc3ccccc3)OCc3ccccc3)CC2)CC1.COC(=O)c1sc(C#CC(C)(C)C)cc1N(C(=O)C1CCC(C)CC1)C1CCC(OP(=O)(OCc2ccccc2)OCc2ccccc2)CC1. The van der Waals surface area contributed by atoms with Gasteiger partial charge in [-0.25, -0.2) is 18.7 Å². The molecule has 0 spiro atoms. The number of esters is 1. The normalized spacial score (nSPS) is 21.3. The molecule has 530 valence electrons. The second-order valence-corrected chi connectivity index (χ2v) is 34.1. The second-order valence-electron chi connectivity index (χ2n) is 28.8. The van der Waals surface area contributed by atoms with Crippen LogP contribution < -0.4 is 9.80 Å². The van der Waals surface area contributed by atoms with Crippen molar-refractivity contribution in [3.63, 3.8) is 0 Å². The lowest BCUT2D eigenvalue weighted by Gasteiger charge is -2.39. The number of carbonyl (C=O) groups is 4. The number of phosphoric acid groups is 2. The average Bonchev–Trinajstić information content (AvgIpc) is 1.77. The number of methoxy groups -OCH3 is 1. The van der Waals surface area contributed by atoms with Crippen LogP contribution in [0.4, 0.5) is 11.4 Å². The van der Waals surface area contributed by atoms with Crippen molar-refractivity contribution >= 4 is 73.4 Å². The van der Waals surface area contributed by atoms with Crippen LogP contribution >= 0.6 is 38.3 Å². The third kappa shape index (κ3) is 23.3. The number of thiophene rings is 2. The molecule has 20 heteroatoms. The average molecular weight is 1430 g/mol. The number of carboxylic acids is 1. The van der Waals surface area contributed by atoms with E-state index in [1.807, 2.05) is 174 Å². The van der Waals surface area contributed by atoms with Crippen LogP contribution in [0.1, 0.15) is 209 Å². The van der Waals surface area contributed by atoms with Crippen molar-refractivity contribution in [2.45, 2.75) is 209 Å². The molecule has 4 aliphatic carbocycles. The number of nitrogens with zero attached hydrogens (tertiary/aromatic N) is 2. The van der Waals surface area contributed by atoms with Crippen molar-refractivity contribution in [3.8, 4) is 23.7 Å². The molecule has 2 aromatic heterocycles. The van der Waals surface area contributed by atoms with Gasteiger partial charge in [-0.3, -0.25) is 36.7 Å². The van der Waals surface area contributed by atoms with E-state index in [2.05, 4.69) is 37.5 Å². The van der Waals surface area contributed by atoms with Gasteiger partial charge < -0.3 is 19.6 Å². The lowest BCUT2D eigenvalue weighted by Crippen LogP contribution is -2.47. The molecule has 6 aromatic rings. The third-order valence-corrected chi connectivity index (χ3v) is 23.3. The molecular weight excluding hydrogens is 1330 g/mol. The number of carbonyl (C=O) groups excluding carboxylic acids is 3. The minimum atomic E-state index is -3.98. The summed E-state index contributed by atoms with van der Waals surface area (Å²) in [4.78, 5) is 60.0. The number of rotatable bonds is 24. The molecule has 0 aliphatic heterocycles. The molecule has 4 aromatic carbocycles. The zero-order chi connectivity index (χ0) is 70.7. The molecule has 4 fully saturated rings.